The molecule has 1 N–H and O–H groups in total. The van der Waals surface area contributed by atoms with Crippen molar-refractivity contribution < 1.29 is 14.3 Å². The van der Waals surface area contributed by atoms with Crippen molar-refractivity contribution in [2.24, 2.45) is 0 Å². The molecule has 0 saturated heterocycles. The third-order valence-corrected chi connectivity index (χ3v) is 5.73. The first-order valence-corrected chi connectivity index (χ1v) is 10.8. The maximum atomic E-state index is 12.7. The molecule has 0 aliphatic heterocycles. The summed E-state index contributed by atoms with van der Waals surface area (Å²) in [7, 11) is 0. The third-order valence-electron chi connectivity index (χ3n) is 5.73. The Morgan fingerprint density at radius 1 is 1.13 bits per heavy atom. The first-order chi connectivity index (χ1) is 14.4. The first-order valence-electron chi connectivity index (χ1n) is 10.8. The Bertz CT molecular complexity index is 938. The summed E-state index contributed by atoms with van der Waals surface area (Å²) < 4.78 is 7.49. The SMILES string of the molecule is Cc1ccc(-n2c(C)cc(C(=O)O[C@H](C)C(=O)NCCC3=CCCCC3)c2C)cc1. The number of allylic oxidation sites excluding steroid dienone is 1. The van der Waals surface area contributed by atoms with E-state index in [1.165, 1.54) is 24.0 Å². The molecule has 1 aromatic carbocycles. The minimum absolute atomic E-state index is 0.257. The number of esters is 1. The molecule has 1 heterocycles. The molecule has 0 fully saturated rings. The fourth-order valence-electron chi connectivity index (χ4n) is 3.96. The highest BCUT2D eigenvalue weighted by Gasteiger charge is 2.23. The van der Waals surface area contributed by atoms with Gasteiger partial charge in [-0.05, 0) is 78.0 Å². The molecule has 5 nitrogen and oxygen atoms in total. The van der Waals surface area contributed by atoms with Crippen LogP contribution in [0.3, 0.4) is 0 Å². The summed E-state index contributed by atoms with van der Waals surface area (Å²) in [5.74, 6) is -0.730. The number of carbonyl (C=O) groups is 2. The van der Waals surface area contributed by atoms with Gasteiger partial charge in [0.05, 0.1) is 5.56 Å². The second-order valence-electron chi connectivity index (χ2n) is 8.15. The van der Waals surface area contributed by atoms with Crippen LogP contribution in [0.5, 0.6) is 0 Å². The first kappa shape index (κ1) is 21.9. The average molecular weight is 409 g/mol. The molecule has 1 amide bonds. The molecule has 1 aliphatic carbocycles. The van der Waals surface area contributed by atoms with Crippen LogP contribution in [0, 0.1) is 20.8 Å². The van der Waals surface area contributed by atoms with Crippen molar-refractivity contribution in [3.63, 3.8) is 0 Å². The van der Waals surface area contributed by atoms with Crippen LogP contribution in [0.25, 0.3) is 5.69 Å². The van der Waals surface area contributed by atoms with Crippen LogP contribution in [-0.2, 0) is 9.53 Å². The molecule has 1 aromatic heterocycles. The van der Waals surface area contributed by atoms with Gasteiger partial charge in [-0.15, -0.1) is 0 Å². The number of amides is 1. The zero-order chi connectivity index (χ0) is 21.7. The summed E-state index contributed by atoms with van der Waals surface area (Å²) in [5.41, 5.74) is 5.83. The van der Waals surface area contributed by atoms with Crippen molar-refractivity contribution in [2.45, 2.75) is 65.9 Å². The minimum atomic E-state index is -0.833. The van der Waals surface area contributed by atoms with Gasteiger partial charge in [-0.25, -0.2) is 4.79 Å². The fraction of sp³-hybridized carbons (Fsp3) is 0.440. The predicted molar refractivity (Wildman–Crippen MR) is 119 cm³/mol. The summed E-state index contributed by atoms with van der Waals surface area (Å²) in [6.07, 6.45) is 7.06. The summed E-state index contributed by atoms with van der Waals surface area (Å²) in [6, 6.07) is 9.96. The van der Waals surface area contributed by atoms with E-state index in [2.05, 4.69) is 11.4 Å². The van der Waals surface area contributed by atoms with Gasteiger partial charge in [0, 0.05) is 23.6 Å². The summed E-state index contributed by atoms with van der Waals surface area (Å²) >= 11 is 0. The molecule has 3 rings (SSSR count). The van der Waals surface area contributed by atoms with E-state index in [0.717, 1.165) is 36.3 Å². The Kier molecular flexibility index (Phi) is 7.14. The van der Waals surface area contributed by atoms with Crippen LogP contribution in [0.4, 0.5) is 0 Å². The second-order valence-corrected chi connectivity index (χ2v) is 8.15. The van der Waals surface area contributed by atoms with Crippen molar-refractivity contribution in [3.8, 4) is 5.69 Å². The Balaban J connectivity index is 1.59. The van der Waals surface area contributed by atoms with E-state index in [-0.39, 0.29) is 5.91 Å². The molecule has 0 unspecified atom stereocenters. The molecule has 1 atom stereocenters. The molecular weight excluding hydrogens is 376 g/mol. The molecule has 0 spiro atoms. The lowest BCUT2D eigenvalue weighted by molar-refractivity contribution is -0.129. The number of nitrogens with zero attached hydrogens (tertiary/aromatic N) is 1. The maximum absolute atomic E-state index is 12.7. The van der Waals surface area contributed by atoms with Crippen LogP contribution in [0.1, 0.15) is 66.3 Å². The van der Waals surface area contributed by atoms with Gasteiger partial charge in [-0.1, -0.05) is 29.3 Å². The Labute approximate surface area is 179 Å². The van der Waals surface area contributed by atoms with Gasteiger partial charge in [0.2, 0.25) is 0 Å². The van der Waals surface area contributed by atoms with E-state index in [1.807, 2.05) is 55.7 Å². The van der Waals surface area contributed by atoms with Gasteiger partial charge < -0.3 is 14.6 Å². The summed E-state index contributed by atoms with van der Waals surface area (Å²) in [6.45, 7) is 8.09. The third kappa shape index (κ3) is 5.21. The predicted octanol–water partition coefficient (Wildman–Crippen LogP) is 4.95. The van der Waals surface area contributed by atoms with E-state index >= 15 is 0 Å². The quantitative estimate of drug-likeness (QED) is 0.521. The number of hydrogen-bond donors (Lipinski definition) is 1. The van der Waals surface area contributed by atoms with Crippen molar-refractivity contribution in [2.75, 3.05) is 6.54 Å². The van der Waals surface area contributed by atoms with Crippen LogP contribution in [-0.4, -0.2) is 29.1 Å². The molecule has 0 radical (unpaired) electrons. The molecule has 160 valence electrons. The van der Waals surface area contributed by atoms with Gasteiger partial charge in [-0.2, -0.15) is 0 Å². The highest BCUT2D eigenvalue weighted by Crippen LogP contribution is 2.22. The van der Waals surface area contributed by atoms with Crippen molar-refractivity contribution in [1.29, 1.82) is 0 Å². The standard InChI is InChI=1S/C25H32N2O3/c1-17-10-12-22(13-11-17)27-18(2)16-23(19(27)3)25(29)30-20(4)24(28)26-15-14-21-8-6-5-7-9-21/h8,10-13,16,20H,5-7,9,14-15H2,1-4H3,(H,26,28)/t20-/m1/s1. The van der Waals surface area contributed by atoms with E-state index in [9.17, 15) is 9.59 Å². The van der Waals surface area contributed by atoms with Gasteiger partial charge in [0.1, 0.15) is 0 Å². The van der Waals surface area contributed by atoms with Crippen molar-refractivity contribution in [3.05, 3.63) is 64.5 Å². The highest BCUT2D eigenvalue weighted by atomic mass is 16.5. The van der Waals surface area contributed by atoms with E-state index in [4.69, 9.17) is 4.74 Å². The molecule has 2 aromatic rings. The van der Waals surface area contributed by atoms with Crippen molar-refractivity contribution in [1.82, 2.24) is 9.88 Å². The highest BCUT2D eigenvalue weighted by molar-refractivity contribution is 5.93. The molecule has 1 aliphatic rings. The number of aromatic nitrogens is 1. The van der Waals surface area contributed by atoms with Crippen LogP contribution < -0.4 is 5.32 Å². The smallest absolute Gasteiger partial charge is 0.340 e. The van der Waals surface area contributed by atoms with Crippen LogP contribution in [0.15, 0.2) is 42.0 Å². The maximum Gasteiger partial charge on any atom is 0.340 e. The Hall–Kier alpha value is -2.82. The van der Waals surface area contributed by atoms with E-state index in [0.29, 0.717) is 12.1 Å². The zero-order valence-corrected chi connectivity index (χ0v) is 18.5. The summed E-state index contributed by atoms with van der Waals surface area (Å²) in [5, 5.41) is 2.89. The molecular formula is C25H32N2O3. The summed E-state index contributed by atoms with van der Waals surface area (Å²) in [4.78, 5) is 25.1. The van der Waals surface area contributed by atoms with Crippen LogP contribution in [0.2, 0.25) is 0 Å². The van der Waals surface area contributed by atoms with Gasteiger partial charge in [0.15, 0.2) is 6.10 Å². The largest absolute Gasteiger partial charge is 0.449 e. The average Bonchev–Trinajstić information content (AvgIpc) is 3.03. The topological polar surface area (TPSA) is 60.3 Å². The molecule has 5 heteroatoms. The number of aryl methyl sites for hydroxylation is 2. The minimum Gasteiger partial charge on any atom is -0.449 e. The lowest BCUT2D eigenvalue weighted by Crippen LogP contribution is -2.36. The van der Waals surface area contributed by atoms with Gasteiger partial charge >= 0.3 is 5.97 Å². The number of carbonyl (C=O) groups excluding carboxylic acids is 2. The number of rotatable bonds is 7. The van der Waals surface area contributed by atoms with E-state index < -0.39 is 12.1 Å². The second kappa shape index (κ2) is 9.79. The van der Waals surface area contributed by atoms with Crippen LogP contribution >= 0.6 is 0 Å². The van der Waals surface area contributed by atoms with Gasteiger partial charge in [0.25, 0.3) is 5.91 Å². The lowest BCUT2D eigenvalue weighted by atomic mass is 9.97. The lowest BCUT2D eigenvalue weighted by Gasteiger charge is -2.16. The fourth-order valence-corrected chi connectivity index (χ4v) is 3.96. The monoisotopic (exact) mass is 408 g/mol. The molecule has 0 bridgehead atoms. The number of ether oxygens (including phenoxy) is 1. The molecule has 30 heavy (non-hydrogen) atoms. The Morgan fingerprint density at radius 3 is 2.53 bits per heavy atom. The van der Waals surface area contributed by atoms with Gasteiger partial charge in [-0.3, -0.25) is 4.79 Å². The van der Waals surface area contributed by atoms with Crippen molar-refractivity contribution >= 4 is 11.9 Å². The molecule has 0 saturated carbocycles. The van der Waals surface area contributed by atoms with E-state index in [1.54, 1.807) is 6.92 Å². The normalized spacial score (nSPS) is 14.7. The number of hydrogen-bond acceptors (Lipinski definition) is 3. The Morgan fingerprint density at radius 2 is 1.87 bits per heavy atom. The number of nitrogens with one attached hydrogen (secondary N) is 1. The zero-order valence-electron chi connectivity index (χ0n) is 18.5. The number of benzene rings is 1.